The predicted octanol–water partition coefficient (Wildman–Crippen LogP) is 3.85. The third-order valence-electron chi connectivity index (χ3n) is 2.98. The molecule has 100 valence electrons. The Bertz CT molecular complexity index is 640. The largest absolute Gasteiger partial charge is 0.398 e. The molecule has 2 nitrogen and oxygen atoms in total. The summed E-state index contributed by atoms with van der Waals surface area (Å²) >= 11 is 5.86. The minimum Gasteiger partial charge on any atom is -0.398 e. The number of hydrogen-bond donors (Lipinski definition) is 1. The van der Waals surface area contributed by atoms with Gasteiger partial charge in [0.1, 0.15) is 0 Å². The molecule has 2 aromatic carbocycles. The highest BCUT2D eigenvalue weighted by Crippen LogP contribution is 2.23. The molecule has 0 amide bonds. The van der Waals surface area contributed by atoms with Crippen LogP contribution in [0.25, 0.3) is 0 Å². The average Bonchev–Trinajstić information content (AvgIpc) is 2.35. The Morgan fingerprint density at radius 3 is 2.58 bits per heavy atom. The van der Waals surface area contributed by atoms with Gasteiger partial charge in [0.15, 0.2) is 0 Å². The van der Waals surface area contributed by atoms with E-state index < -0.39 is 10.8 Å². The first-order valence-corrected chi connectivity index (χ1v) is 7.66. The van der Waals surface area contributed by atoms with Crippen molar-refractivity contribution in [3.8, 4) is 0 Å². The number of nitrogen functional groups attached to an aromatic ring is 1. The topological polar surface area (TPSA) is 43.1 Å². The maximum atomic E-state index is 12.4. The second kappa shape index (κ2) is 5.76. The van der Waals surface area contributed by atoms with E-state index in [2.05, 4.69) is 0 Å². The lowest BCUT2D eigenvalue weighted by molar-refractivity contribution is 0.682. The van der Waals surface area contributed by atoms with E-state index in [1.54, 1.807) is 12.1 Å². The third-order valence-corrected chi connectivity index (χ3v) is 4.72. The Hall–Kier alpha value is -1.32. The Balaban J connectivity index is 2.28. The molecule has 2 rings (SSSR count). The number of nitrogens with two attached hydrogens (primary N) is 1. The Labute approximate surface area is 121 Å². The molecule has 0 aliphatic rings. The van der Waals surface area contributed by atoms with E-state index in [9.17, 15) is 4.21 Å². The molecule has 0 spiro atoms. The molecule has 0 radical (unpaired) electrons. The minimum absolute atomic E-state index is 0.410. The van der Waals surface area contributed by atoms with Gasteiger partial charge >= 0.3 is 0 Å². The molecule has 0 aliphatic heterocycles. The fraction of sp³-hybridized carbons (Fsp3) is 0.200. The lowest BCUT2D eigenvalue weighted by atomic mass is 10.2. The van der Waals surface area contributed by atoms with Crippen molar-refractivity contribution in [2.45, 2.75) is 24.5 Å². The number of halogens is 1. The van der Waals surface area contributed by atoms with Gasteiger partial charge in [-0.2, -0.15) is 0 Å². The van der Waals surface area contributed by atoms with Gasteiger partial charge in [0.2, 0.25) is 0 Å². The molecule has 0 fully saturated rings. The van der Waals surface area contributed by atoms with Crippen LogP contribution in [-0.2, 0) is 16.6 Å². The fourth-order valence-corrected chi connectivity index (χ4v) is 3.49. The Kier molecular flexibility index (Phi) is 4.27. The highest BCUT2D eigenvalue weighted by Gasteiger charge is 2.10. The van der Waals surface area contributed by atoms with Crippen molar-refractivity contribution < 1.29 is 4.21 Å². The van der Waals surface area contributed by atoms with Gasteiger partial charge in [0.05, 0.1) is 16.6 Å². The maximum absolute atomic E-state index is 12.4. The molecule has 0 saturated heterocycles. The number of aryl methyl sites for hydroxylation is 2. The zero-order valence-electron chi connectivity index (χ0n) is 10.9. The van der Waals surface area contributed by atoms with Gasteiger partial charge in [-0.1, -0.05) is 29.8 Å². The van der Waals surface area contributed by atoms with Crippen molar-refractivity contribution >= 4 is 28.1 Å². The van der Waals surface area contributed by atoms with Crippen molar-refractivity contribution in [2.75, 3.05) is 5.73 Å². The van der Waals surface area contributed by atoms with Crippen molar-refractivity contribution in [3.05, 3.63) is 58.1 Å². The standard InChI is InChI=1S/C15H16ClNOS/c1-10-3-4-11(2)15(7-10)19(18)9-12-5-6-13(16)8-14(12)17/h3-8H,9,17H2,1-2H3. The van der Waals surface area contributed by atoms with E-state index in [1.165, 1.54) is 0 Å². The first-order chi connectivity index (χ1) is 8.97. The van der Waals surface area contributed by atoms with Crippen LogP contribution in [0, 0.1) is 13.8 Å². The van der Waals surface area contributed by atoms with Gasteiger partial charge in [-0.05, 0) is 48.7 Å². The summed E-state index contributed by atoms with van der Waals surface area (Å²) in [5.74, 6) is 0.410. The lowest BCUT2D eigenvalue weighted by Gasteiger charge is -2.09. The normalized spacial score (nSPS) is 12.4. The van der Waals surface area contributed by atoms with Crippen LogP contribution in [0.3, 0.4) is 0 Å². The highest BCUT2D eigenvalue weighted by atomic mass is 35.5. The van der Waals surface area contributed by atoms with E-state index in [4.69, 9.17) is 17.3 Å². The molecule has 2 N–H and O–H groups in total. The average molecular weight is 294 g/mol. The quantitative estimate of drug-likeness (QED) is 0.874. The minimum atomic E-state index is -1.10. The van der Waals surface area contributed by atoms with Crippen LogP contribution in [0.1, 0.15) is 16.7 Å². The van der Waals surface area contributed by atoms with Crippen LogP contribution >= 0.6 is 11.6 Å². The molecule has 2 aromatic rings. The summed E-state index contributed by atoms with van der Waals surface area (Å²) in [6, 6.07) is 11.3. The SMILES string of the molecule is Cc1ccc(C)c(S(=O)Cc2ccc(Cl)cc2N)c1. The maximum Gasteiger partial charge on any atom is 0.0577 e. The van der Waals surface area contributed by atoms with Gasteiger partial charge in [-0.25, -0.2) is 0 Å². The Morgan fingerprint density at radius 2 is 1.89 bits per heavy atom. The zero-order chi connectivity index (χ0) is 14.0. The van der Waals surface area contributed by atoms with Crippen LogP contribution in [0.2, 0.25) is 5.02 Å². The number of anilines is 1. The second-order valence-electron chi connectivity index (χ2n) is 4.60. The monoisotopic (exact) mass is 293 g/mol. The van der Waals surface area contributed by atoms with E-state index in [0.717, 1.165) is 21.6 Å². The number of benzene rings is 2. The van der Waals surface area contributed by atoms with Crippen molar-refractivity contribution in [1.82, 2.24) is 0 Å². The number of rotatable bonds is 3. The molecule has 0 saturated carbocycles. The predicted molar refractivity (Wildman–Crippen MR) is 81.9 cm³/mol. The summed E-state index contributed by atoms with van der Waals surface area (Å²) in [4.78, 5) is 0.870. The Morgan fingerprint density at radius 1 is 1.16 bits per heavy atom. The molecular weight excluding hydrogens is 278 g/mol. The second-order valence-corrected chi connectivity index (χ2v) is 6.46. The summed E-state index contributed by atoms with van der Waals surface area (Å²) in [6.45, 7) is 3.97. The van der Waals surface area contributed by atoms with Gasteiger partial charge in [0.25, 0.3) is 0 Å². The molecule has 0 bridgehead atoms. The molecule has 0 heterocycles. The summed E-state index contributed by atoms with van der Waals surface area (Å²) in [6.07, 6.45) is 0. The highest BCUT2D eigenvalue weighted by molar-refractivity contribution is 7.84. The van der Waals surface area contributed by atoms with Crippen LogP contribution in [-0.4, -0.2) is 4.21 Å². The first-order valence-electron chi connectivity index (χ1n) is 5.97. The van der Waals surface area contributed by atoms with Crippen LogP contribution in [0.5, 0.6) is 0 Å². The lowest BCUT2D eigenvalue weighted by Crippen LogP contribution is -2.02. The van der Waals surface area contributed by atoms with E-state index in [1.807, 2.05) is 38.1 Å². The van der Waals surface area contributed by atoms with Crippen molar-refractivity contribution in [1.29, 1.82) is 0 Å². The summed E-state index contributed by atoms with van der Waals surface area (Å²) in [5, 5.41) is 0.596. The van der Waals surface area contributed by atoms with E-state index >= 15 is 0 Å². The van der Waals surface area contributed by atoms with Gasteiger partial charge < -0.3 is 5.73 Å². The summed E-state index contributed by atoms with van der Waals surface area (Å²) in [5.41, 5.74) is 9.50. The van der Waals surface area contributed by atoms with Gasteiger partial charge in [-0.15, -0.1) is 0 Å². The summed E-state index contributed by atoms with van der Waals surface area (Å²) in [7, 11) is -1.10. The number of hydrogen-bond acceptors (Lipinski definition) is 2. The molecular formula is C15H16ClNOS. The van der Waals surface area contributed by atoms with Crippen molar-refractivity contribution in [3.63, 3.8) is 0 Å². The van der Waals surface area contributed by atoms with Crippen LogP contribution in [0.15, 0.2) is 41.3 Å². The van der Waals surface area contributed by atoms with Crippen molar-refractivity contribution in [2.24, 2.45) is 0 Å². The van der Waals surface area contributed by atoms with Crippen LogP contribution < -0.4 is 5.73 Å². The van der Waals surface area contributed by atoms with Gasteiger partial charge in [-0.3, -0.25) is 4.21 Å². The molecule has 19 heavy (non-hydrogen) atoms. The molecule has 4 heteroatoms. The van der Waals surface area contributed by atoms with E-state index in [0.29, 0.717) is 16.5 Å². The fourth-order valence-electron chi connectivity index (χ4n) is 1.87. The molecule has 1 atom stereocenters. The molecule has 0 aromatic heterocycles. The van der Waals surface area contributed by atoms with Crippen LogP contribution in [0.4, 0.5) is 5.69 Å². The van der Waals surface area contributed by atoms with Gasteiger partial charge in [0, 0.05) is 15.6 Å². The smallest absolute Gasteiger partial charge is 0.0577 e. The molecule has 0 aliphatic carbocycles. The molecule has 1 unspecified atom stereocenters. The third kappa shape index (κ3) is 3.37. The first kappa shape index (κ1) is 14.1. The zero-order valence-corrected chi connectivity index (χ0v) is 12.5. The van der Waals surface area contributed by atoms with E-state index in [-0.39, 0.29) is 0 Å². The summed E-state index contributed by atoms with van der Waals surface area (Å²) < 4.78 is 12.4.